The van der Waals surface area contributed by atoms with Crippen LogP contribution in [-0.4, -0.2) is 15.5 Å². The molecule has 0 amide bonds. The quantitative estimate of drug-likeness (QED) is 0.660. The second kappa shape index (κ2) is 7.40. The van der Waals surface area contributed by atoms with Gasteiger partial charge in [0.05, 0.1) is 17.7 Å². The van der Waals surface area contributed by atoms with Gasteiger partial charge in [-0.25, -0.2) is 8.42 Å². The van der Waals surface area contributed by atoms with E-state index in [2.05, 4.69) is 4.72 Å². The van der Waals surface area contributed by atoms with Crippen LogP contribution in [0.1, 0.15) is 5.56 Å². The summed E-state index contributed by atoms with van der Waals surface area (Å²) in [5.41, 5.74) is 3.19. The Morgan fingerprint density at radius 2 is 1.58 bits per heavy atom. The second-order valence-corrected chi connectivity index (χ2v) is 7.96. The number of ether oxygens (including phenoxy) is 1. The van der Waals surface area contributed by atoms with Gasteiger partial charge in [-0.2, -0.15) is 0 Å². The minimum Gasteiger partial charge on any atom is -0.497 e. The first kappa shape index (κ1) is 18.3. The molecule has 0 bridgehead atoms. The Morgan fingerprint density at radius 3 is 2.19 bits per heavy atom. The maximum atomic E-state index is 12.7. The van der Waals surface area contributed by atoms with Gasteiger partial charge in [0.2, 0.25) is 0 Å². The van der Waals surface area contributed by atoms with Crippen LogP contribution in [0, 0.1) is 6.92 Å². The Kier molecular flexibility index (Phi) is 5.20. The third-order valence-corrected chi connectivity index (χ3v) is 5.57. The highest BCUT2D eigenvalue weighted by Gasteiger charge is 2.17. The normalized spacial score (nSPS) is 11.2. The zero-order valence-corrected chi connectivity index (χ0v) is 15.9. The smallest absolute Gasteiger partial charge is 0.261 e. The summed E-state index contributed by atoms with van der Waals surface area (Å²) in [6.07, 6.45) is 0. The van der Waals surface area contributed by atoms with Gasteiger partial charge in [-0.3, -0.25) is 4.72 Å². The minimum atomic E-state index is -3.74. The average molecular weight is 388 g/mol. The predicted molar refractivity (Wildman–Crippen MR) is 105 cm³/mol. The van der Waals surface area contributed by atoms with Gasteiger partial charge < -0.3 is 4.74 Å². The molecule has 0 fully saturated rings. The van der Waals surface area contributed by atoms with Crippen molar-refractivity contribution in [3.8, 4) is 16.9 Å². The summed E-state index contributed by atoms with van der Waals surface area (Å²) in [5.74, 6) is 0.593. The van der Waals surface area contributed by atoms with Gasteiger partial charge in [-0.15, -0.1) is 0 Å². The van der Waals surface area contributed by atoms with E-state index in [4.69, 9.17) is 16.3 Å². The first-order chi connectivity index (χ1) is 12.4. The predicted octanol–water partition coefficient (Wildman–Crippen LogP) is 5.12. The summed E-state index contributed by atoms with van der Waals surface area (Å²) >= 11 is 6.13. The molecule has 4 nitrogen and oxygen atoms in total. The number of hydrogen-bond donors (Lipinski definition) is 1. The van der Waals surface area contributed by atoms with Crippen LogP contribution in [0.4, 0.5) is 5.69 Å². The van der Waals surface area contributed by atoms with Crippen molar-refractivity contribution >= 4 is 27.3 Å². The van der Waals surface area contributed by atoms with E-state index in [1.165, 1.54) is 19.2 Å². The molecule has 0 aliphatic rings. The fourth-order valence-corrected chi connectivity index (χ4v) is 3.79. The lowest BCUT2D eigenvalue weighted by molar-refractivity contribution is 0.414. The highest BCUT2D eigenvalue weighted by Crippen LogP contribution is 2.32. The summed E-state index contributed by atoms with van der Waals surface area (Å²) in [6.45, 7) is 2.00. The molecule has 0 atom stereocenters. The van der Waals surface area contributed by atoms with Crippen molar-refractivity contribution < 1.29 is 13.2 Å². The summed E-state index contributed by atoms with van der Waals surface area (Å²) in [4.78, 5) is 0.156. The Morgan fingerprint density at radius 1 is 0.923 bits per heavy atom. The molecule has 0 unspecified atom stereocenters. The number of rotatable bonds is 5. The molecule has 26 heavy (non-hydrogen) atoms. The monoisotopic (exact) mass is 387 g/mol. The first-order valence-corrected chi connectivity index (χ1v) is 9.78. The molecule has 3 aromatic rings. The van der Waals surface area contributed by atoms with Crippen LogP contribution in [0.3, 0.4) is 0 Å². The Balaban J connectivity index is 1.99. The third-order valence-electron chi connectivity index (χ3n) is 3.96. The zero-order valence-electron chi connectivity index (χ0n) is 14.4. The molecule has 0 heterocycles. The third kappa shape index (κ3) is 4.00. The molecule has 0 aromatic heterocycles. The molecule has 0 aliphatic heterocycles. The highest BCUT2D eigenvalue weighted by atomic mass is 35.5. The van der Waals surface area contributed by atoms with Crippen molar-refractivity contribution in [2.24, 2.45) is 0 Å². The van der Waals surface area contributed by atoms with Crippen LogP contribution in [0.5, 0.6) is 5.75 Å². The van der Waals surface area contributed by atoms with Crippen molar-refractivity contribution in [3.05, 3.63) is 77.3 Å². The van der Waals surface area contributed by atoms with Crippen LogP contribution in [-0.2, 0) is 10.0 Å². The number of nitrogens with one attached hydrogen (secondary N) is 1. The maximum absolute atomic E-state index is 12.7. The van der Waals surface area contributed by atoms with Crippen LogP contribution in [0.25, 0.3) is 11.1 Å². The molecule has 3 rings (SSSR count). The summed E-state index contributed by atoms with van der Waals surface area (Å²) in [7, 11) is -2.21. The van der Waals surface area contributed by atoms with Crippen molar-refractivity contribution in [1.29, 1.82) is 0 Å². The van der Waals surface area contributed by atoms with Crippen molar-refractivity contribution in [2.45, 2.75) is 11.8 Å². The van der Waals surface area contributed by atoms with Crippen LogP contribution in [0.15, 0.2) is 71.6 Å². The van der Waals surface area contributed by atoms with E-state index in [-0.39, 0.29) is 4.90 Å². The Labute approximate surface area is 158 Å². The SMILES string of the molecule is COc1ccc(S(=O)(=O)Nc2ccc(Cl)cc2-c2ccc(C)cc2)cc1. The van der Waals surface area contributed by atoms with Gasteiger partial charge in [0.1, 0.15) is 5.75 Å². The first-order valence-electron chi connectivity index (χ1n) is 7.92. The van der Waals surface area contributed by atoms with E-state index in [0.717, 1.165) is 16.7 Å². The summed E-state index contributed by atoms with van der Waals surface area (Å²) in [6, 6.07) is 19.1. The largest absolute Gasteiger partial charge is 0.497 e. The molecule has 6 heteroatoms. The number of methoxy groups -OCH3 is 1. The fraction of sp³-hybridized carbons (Fsp3) is 0.100. The van der Waals surface area contributed by atoms with E-state index in [0.29, 0.717) is 16.5 Å². The van der Waals surface area contributed by atoms with Crippen molar-refractivity contribution in [2.75, 3.05) is 11.8 Å². The Hall–Kier alpha value is -2.50. The standard InChI is InChI=1S/C20H18ClNO3S/c1-14-3-5-15(6-4-14)19-13-16(21)7-12-20(19)22-26(23,24)18-10-8-17(25-2)9-11-18/h3-13,22H,1-2H3. The zero-order chi connectivity index (χ0) is 18.7. The average Bonchev–Trinajstić information content (AvgIpc) is 2.64. The number of anilines is 1. The number of hydrogen-bond acceptors (Lipinski definition) is 3. The molecule has 0 spiro atoms. The molecule has 0 saturated heterocycles. The van der Waals surface area contributed by atoms with E-state index in [1.54, 1.807) is 30.3 Å². The lowest BCUT2D eigenvalue weighted by Gasteiger charge is -2.14. The minimum absolute atomic E-state index is 0.156. The van der Waals surface area contributed by atoms with E-state index < -0.39 is 10.0 Å². The molecule has 3 aromatic carbocycles. The van der Waals surface area contributed by atoms with Crippen molar-refractivity contribution in [1.82, 2.24) is 0 Å². The van der Waals surface area contributed by atoms with Gasteiger partial charge in [0, 0.05) is 10.6 Å². The van der Waals surface area contributed by atoms with Crippen molar-refractivity contribution in [3.63, 3.8) is 0 Å². The lowest BCUT2D eigenvalue weighted by atomic mass is 10.0. The number of sulfonamides is 1. The number of benzene rings is 3. The van der Waals surface area contributed by atoms with Gasteiger partial charge >= 0.3 is 0 Å². The number of aryl methyl sites for hydroxylation is 1. The molecular weight excluding hydrogens is 370 g/mol. The summed E-state index contributed by atoms with van der Waals surface area (Å²) in [5, 5.41) is 0.535. The highest BCUT2D eigenvalue weighted by molar-refractivity contribution is 7.92. The van der Waals surface area contributed by atoms with E-state index >= 15 is 0 Å². The molecule has 0 aliphatic carbocycles. The Bertz CT molecular complexity index is 1010. The van der Waals surface area contributed by atoms with Gasteiger partial charge in [-0.1, -0.05) is 41.4 Å². The molecular formula is C20H18ClNO3S. The summed E-state index contributed by atoms with van der Waals surface area (Å²) < 4.78 is 33.2. The number of halogens is 1. The van der Waals surface area contributed by atoms with Crippen LogP contribution < -0.4 is 9.46 Å². The topological polar surface area (TPSA) is 55.4 Å². The molecule has 0 radical (unpaired) electrons. The lowest BCUT2D eigenvalue weighted by Crippen LogP contribution is -2.13. The van der Waals surface area contributed by atoms with Gasteiger partial charge in [-0.05, 0) is 55.0 Å². The molecule has 0 saturated carbocycles. The van der Waals surface area contributed by atoms with Crippen LogP contribution >= 0.6 is 11.6 Å². The second-order valence-electron chi connectivity index (χ2n) is 5.84. The van der Waals surface area contributed by atoms with Gasteiger partial charge in [0.15, 0.2) is 0 Å². The van der Waals surface area contributed by atoms with E-state index in [9.17, 15) is 8.42 Å². The van der Waals surface area contributed by atoms with Crippen LogP contribution in [0.2, 0.25) is 5.02 Å². The van der Waals surface area contributed by atoms with Gasteiger partial charge in [0.25, 0.3) is 10.0 Å². The fourth-order valence-electron chi connectivity index (χ4n) is 2.54. The maximum Gasteiger partial charge on any atom is 0.261 e. The molecule has 134 valence electrons. The molecule has 1 N–H and O–H groups in total. The van der Waals surface area contributed by atoms with E-state index in [1.807, 2.05) is 31.2 Å².